The van der Waals surface area contributed by atoms with Crippen LogP contribution in [0.2, 0.25) is 0 Å². The van der Waals surface area contributed by atoms with Crippen molar-refractivity contribution in [3.8, 4) is 0 Å². The molecular weight excluding hydrogens is 296 g/mol. The summed E-state index contributed by atoms with van der Waals surface area (Å²) in [6, 6.07) is -1.03. The van der Waals surface area contributed by atoms with Gasteiger partial charge in [0.05, 0.1) is 6.61 Å². The van der Waals surface area contributed by atoms with Gasteiger partial charge >= 0.3 is 0 Å². The van der Waals surface area contributed by atoms with Crippen LogP contribution in [0.4, 0.5) is 0 Å². The number of carbonyl (C=O) groups excluding carboxylic acids is 1. The Balaban J connectivity index is 0.00000220. The zero-order chi connectivity index (χ0) is 14.7. The van der Waals surface area contributed by atoms with Crippen LogP contribution in [0.15, 0.2) is 4.52 Å². The van der Waals surface area contributed by atoms with Gasteiger partial charge < -0.3 is 20.3 Å². The van der Waals surface area contributed by atoms with E-state index in [0.717, 1.165) is 18.7 Å². The van der Waals surface area contributed by atoms with Crippen LogP contribution in [0, 0.1) is 5.92 Å². The summed E-state index contributed by atoms with van der Waals surface area (Å²) in [5.41, 5.74) is 5.71. The van der Waals surface area contributed by atoms with Gasteiger partial charge in [-0.25, -0.2) is 0 Å². The van der Waals surface area contributed by atoms with Gasteiger partial charge in [0.2, 0.25) is 11.8 Å². The number of rotatable bonds is 7. The Kier molecular flexibility index (Phi) is 6.57. The van der Waals surface area contributed by atoms with E-state index in [-0.39, 0.29) is 36.9 Å². The minimum Gasteiger partial charge on any atom is -0.383 e. The van der Waals surface area contributed by atoms with Crippen LogP contribution in [0.3, 0.4) is 0 Å². The summed E-state index contributed by atoms with van der Waals surface area (Å²) >= 11 is 0. The minimum absolute atomic E-state index is 0. The van der Waals surface area contributed by atoms with Crippen LogP contribution in [-0.4, -0.2) is 35.8 Å². The number of amides is 1. The monoisotopic (exact) mass is 318 g/mol. The number of hydrogen-bond donors (Lipinski definition) is 2. The van der Waals surface area contributed by atoms with Crippen molar-refractivity contribution in [1.82, 2.24) is 15.5 Å². The quantitative estimate of drug-likeness (QED) is 0.782. The van der Waals surface area contributed by atoms with Gasteiger partial charge in [0.25, 0.3) is 0 Å². The van der Waals surface area contributed by atoms with Crippen molar-refractivity contribution in [2.24, 2.45) is 11.7 Å². The molecule has 3 N–H and O–H groups in total. The van der Waals surface area contributed by atoms with Gasteiger partial charge in [-0.15, -0.1) is 12.4 Å². The molecule has 1 saturated carbocycles. The number of carbonyl (C=O) groups is 1. The Bertz CT molecular complexity index is 462. The highest BCUT2D eigenvalue weighted by atomic mass is 35.5. The molecule has 1 aliphatic carbocycles. The predicted octanol–water partition coefficient (Wildman–Crippen LogP) is 1.16. The summed E-state index contributed by atoms with van der Waals surface area (Å²) in [5.74, 6) is 1.45. The first-order valence-corrected chi connectivity index (χ1v) is 6.91. The fourth-order valence-electron chi connectivity index (χ4n) is 1.91. The van der Waals surface area contributed by atoms with Crippen molar-refractivity contribution in [3.63, 3.8) is 0 Å². The predicted molar refractivity (Wildman–Crippen MR) is 79.1 cm³/mol. The SMILES string of the molecule is COCC(N)C(=O)NC(c1nc(C2CC2)no1)C(C)C.Cl. The number of methoxy groups -OCH3 is 1. The van der Waals surface area contributed by atoms with Gasteiger partial charge in [-0.1, -0.05) is 19.0 Å². The van der Waals surface area contributed by atoms with Crippen molar-refractivity contribution in [2.45, 2.75) is 44.7 Å². The van der Waals surface area contributed by atoms with E-state index in [1.165, 1.54) is 7.11 Å². The summed E-state index contributed by atoms with van der Waals surface area (Å²) < 4.78 is 10.2. The molecule has 1 amide bonds. The second-order valence-electron chi connectivity index (χ2n) is 5.56. The molecule has 21 heavy (non-hydrogen) atoms. The van der Waals surface area contributed by atoms with Crippen LogP contribution in [0.25, 0.3) is 0 Å². The van der Waals surface area contributed by atoms with Crippen LogP contribution in [-0.2, 0) is 9.53 Å². The third-order valence-electron chi connectivity index (χ3n) is 3.31. The highest BCUT2D eigenvalue weighted by Gasteiger charge is 2.32. The zero-order valence-electron chi connectivity index (χ0n) is 12.5. The third-order valence-corrected chi connectivity index (χ3v) is 3.31. The first-order chi connectivity index (χ1) is 9.52. The highest BCUT2D eigenvalue weighted by Crippen LogP contribution is 2.38. The lowest BCUT2D eigenvalue weighted by Crippen LogP contribution is -2.45. The summed E-state index contributed by atoms with van der Waals surface area (Å²) in [5, 5.41) is 6.83. The van der Waals surface area contributed by atoms with E-state index >= 15 is 0 Å². The molecule has 2 rings (SSSR count). The van der Waals surface area contributed by atoms with Crippen molar-refractivity contribution >= 4 is 18.3 Å². The molecule has 1 aliphatic rings. The molecule has 7 nitrogen and oxygen atoms in total. The van der Waals surface area contributed by atoms with E-state index in [1.807, 2.05) is 13.8 Å². The molecule has 8 heteroatoms. The van der Waals surface area contributed by atoms with E-state index < -0.39 is 6.04 Å². The normalized spacial score (nSPS) is 17.2. The number of nitrogens with one attached hydrogen (secondary N) is 1. The van der Waals surface area contributed by atoms with Crippen molar-refractivity contribution in [2.75, 3.05) is 13.7 Å². The fourth-order valence-corrected chi connectivity index (χ4v) is 1.91. The smallest absolute Gasteiger partial charge is 0.249 e. The van der Waals surface area contributed by atoms with Crippen molar-refractivity contribution in [3.05, 3.63) is 11.7 Å². The molecule has 0 bridgehead atoms. The van der Waals surface area contributed by atoms with E-state index in [1.54, 1.807) is 0 Å². The molecule has 1 aromatic heterocycles. The summed E-state index contributed by atoms with van der Waals surface area (Å²) in [6.07, 6.45) is 2.22. The Morgan fingerprint density at radius 1 is 1.52 bits per heavy atom. The number of nitrogens with two attached hydrogens (primary N) is 1. The standard InChI is InChI=1S/C13H22N4O3.ClH/c1-7(2)10(15-12(18)9(14)6-19-3)13-16-11(17-20-13)8-4-5-8;/h7-10H,4-6,14H2,1-3H3,(H,15,18);1H. The Morgan fingerprint density at radius 3 is 2.71 bits per heavy atom. The molecule has 1 aromatic rings. The van der Waals surface area contributed by atoms with Crippen LogP contribution >= 0.6 is 12.4 Å². The maximum absolute atomic E-state index is 12.0. The van der Waals surface area contributed by atoms with E-state index in [9.17, 15) is 4.79 Å². The zero-order valence-corrected chi connectivity index (χ0v) is 13.4. The average molecular weight is 319 g/mol. The molecule has 120 valence electrons. The van der Waals surface area contributed by atoms with Gasteiger partial charge in [0, 0.05) is 13.0 Å². The number of ether oxygens (including phenoxy) is 1. The second kappa shape index (κ2) is 7.72. The van der Waals surface area contributed by atoms with Crippen molar-refractivity contribution < 1.29 is 14.1 Å². The first kappa shape index (κ1) is 17.9. The average Bonchev–Trinajstić information content (AvgIpc) is 3.14. The molecule has 1 fully saturated rings. The van der Waals surface area contributed by atoms with Crippen LogP contribution in [0.1, 0.15) is 50.4 Å². The summed E-state index contributed by atoms with van der Waals surface area (Å²) in [7, 11) is 1.51. The number of hydrogen-bond acceptors (Lipinski definition) is 6. The van der Waals surface area contributed by atoms with Gasteiger partial charge in [0.1, 0.15) is 12.1 Å². The lowest BCUT2D eigenvalue weighted by molar-refractivity contribution is -0.124. The van der Waals surface area contributed by atoms with E-state index in [4.69, 9.17) is 15.0 Å². The van der Waals surface area contributed by atoms with Crippen molar-refractivity contribution in [1.29, 1.82) is 0 Å². The molecule has 0 radical (unpaired) electrons. The second-order valence-corrected chi connectivity index (χ2v) is 5.56. The lowest BCUT2D eigenvalue weighted by Gasteiger charge is -2.20. The molecule has 0 aliphatic heterocycles. The number of aromatic nitrogens is 2. The third kappa shape index (κ3) is 4.66. The summed E-state index contributed by atoms with van der Waals surface area (Å²) in [4.78, 5) is 16.4. The molecule has 0 spiro atoms. The van der Waals surface area contributed by atoms with E-state index in [0.29, 0.717) is 11.8 Å². The molecule has 0 saturated heterocycles. The number of nitrogens with zero attached hydrogens (tertiary/aromatic N) is 2. The Hall–Kier alpha value is -1.18. The largest absolute Gasteiger partial charge is 0.383 e. The Morgan fingerprint density at radius 2 is 2.19 bits per heavy atom. The summed E-state index contributed by atoms with van der Waals surface area (Å²) in [6.45, 7) is 4.13. The molecule has 2 atom stereocenters. The number of halogens is 1. The molecule has 0 aromatic carbocycles. The van der Waals surface area contributed by atoms with Crippen LogP contribution < -0.4 is 11.1 Å². The van der Waals surface area contributed by atoms with Gasteiger partial charge in [0.15, 0.2) is 5.82 Å². The first-order valence-electron chi connectivity index (χ1n) is 6.91. The van der Waals surface area contributed by atoms with Gasteiger partial charge in [-0.2, -0.15) is 4.98 Å². The minimum atomic E-state index is -0.702. The van der Waals surface area contributed by atoms with Gasteiger partial charge in [-0.3, -0.25) is 4.79 Å². The van der Waals surface area contributed by atoms with E-state index in [2.05, 4.69) is 15.5 Å². The lowest BCUT2D eigenvalue weighted by atomic mass is 10.0. The molecule has 2 unspecified atom stereocenters. The molecule has 1 heterocycles. The van der Waals surface area contributed by atoms with Crippen LogP contribution in [0.5, 0.6) is 0 Å². The molecular formula is C13H23ClN4O3. The maximum Gasteiger partial charge on any atom is 0.249 e. The Labute approximate surface area is 130 Å². The maximum atomic E-state index is 12.0. The topological polar surface area (TPSA) is 103 Å². The fraction of sp³-hybridized carbons (Fsp3) is 0.769. The highest BCUT2D eigenvalue weighted by molar-refractivity contribution is 5.85. The van der Waals surface area contributed by atoms with Gasteiger partial charge in [-0.05, 0) is 18.8 Å².